The summed E-state index contributed by atoms with van der Waals surface area (Å²) < 4.78 is 34.1. The average Bonchev–Trinajstić information content (AvgIpc) is 3.08. The van der Waals surface area contributed by atoms with Crippen molar-refractivity contribution < 1.29 is 33.0 Å². The molecule has 3 rings (SSSR count). The number of primary amides is 1. The molecular formula is C20H24N2O7P+. The van der Waals surface area contributed by atoms with Crippen molar-refractivity contribution in [2.24, 2.45) is 5.73 Å². The van der Waals surface area contributed by atoms with E-state index in [9.17, 15) is 14.5 Å². The van der Waals surface area contributed by atoms with Crippen LogP contribution in [0.25, 0.3) is 0 Å². The molecule has 0 spiro atoms. The standard InChI is InChI=1S/C20H23N2O7P/c1-20(2,24)28-17-11-16(13-26-30(25)29-15-8-4-3-5-9-15)27-19(17)22-10-6-7-14(12-22)18(21)23/h3-6,8-10,12,16,24H,7,11,13H2,1-2H3,(H-,21,23)/p+1. The molecule has 1 aromatic carbocycles. The van der Waals surface area contributed by atoms with Gasteiger partial charge in [0.15, 0.2) is 11.5 Å². The van der Waals surface area contributed by atoms with Crippen molar-refractivity contribution in [1.82, 2.24) is 4.90 Å². The van der Waals surface area contributed by atoms with Gasteiger partial charge in [0.25, 0.3) is 0 Å². The Labute approximate surface area is 175 Å². The van der Waals surface area contributed by atoms with Crippen LogP contribution >= 0.6 is 8.25 Å². The van der Waals surface area contributed by atoms with E-state index >= 15 is 0 Å². The van der Waals surface area contributed by atoms with Crippen molar-refractivity contribution >= 4 is 14.2 Å². The predicted molar refractivity (Wildman–Crippen MR) is 107 cm³/mol. The Kier molecular flexibility index (Phi) is 6.77. The van der Waals surface area contributed by atoms with Crippen LogP contribution in [0.1, 0.15) is 26.7 Å². The van der Waals surface area contributed by atoms with Crippen molar-refractivity contribution in [3.63, 3.8) is 0 Å². The monoisotopic (exact) mass is 435 g/mol. The molecule has 160 valence electrons. The Bertz CT molecular complexity index is 890. The van der Waals surface area contributed by atoms with Crippen LogP contribution < -0.4 is 10.3 Å². The second kappa shape index (κ2) is 9.30. The lowest BCUT2D eigenvalue weighted by molar-refractivity contribution is -0.149. The van der Waals surface area contributed by atoms with E-state index < -0.39 is 26.1 Å². The fourth-order valence-corrected chi connectivity index (χ4v) is 3.46. The number of carbonyl (C=O) groups excluding carboxylic acids is 1. The van der Waals surface area contributed by atoms with Gasteiger partial charge in [0.05, 0.1) is 6.42 Å². The van der Waals surface area contributed by atoms with E-state index in [0.29, 0.717) is 29.4 Å². The largest absolute Gasteiger partial charge is 0.750 e. The Morgan fingerprint density at radius 1 is 1.37 bits per heavy atom. The fourth-order valence-electron chi connectivity index (χ4n) is 2.83. The third kappa shape index (κ3) is 6.06. The first kappa shape index (κ1) is 21.8. The minimum Gasteiger partial charge on any atom is -0.470 e. The lowest BCUT2D eigenvalue weighted by atomic mass is 10.1. The third-order valence-corrected chi connectivity index (χ3v) is 4.76. The lowest BCUT2D eigenvalue weighted by Crippen LogP contribution is -2.25. The van der Waals surface area contributed by atoms with E-state index in [1.54, 1.807) is 47.6 Å². The third-order valence-electron chi connectivity index (χ3n) is 4.04. The summed E-state index contributed by atoms with van der Waals surface area (Å²) in [6.45, 7) is 2.94. The second-order valence-corrected chi connectivity index (χ2v) is 8.05. The molecule has 0 saturated heterocycles. The van der Waals surface area contributed by atoms with Gasteiger partial charge in [-0.25, -0.2) is 4.52 Å². The van der Waals surface area contributed by atoms with Crippen LogP contribution in [0.2, 0.25) is 0 Å². The first-order chi connectivity index (χ1) is 14.2. The number of allylic oxidation sites excluding steroid dienone is 1. The molecule has 10 heteroatoms. The van der Waals surface area contributed by atoms with Gasteiger partial charge in [-0.05, 0) is 18.6 Å². The summed E-state index contributed by atoms with van der Waals surface area (Å²) in [5, 5.41) is 10.1. The van der Waals surface area contributed by atoms with Gasteiger partial charge >= 0.3 is 8.25 Å². The number of aliphatic hydroxyl groups is 1. The quantitative estimate of drug-likeness (QED) is 0.449. The SMILES string of the molecule is CC(C)(O)OC1=C(N2C=CCC(C(N)=O)=C2)OC(CO[P+](=O)Oc2ccccc2)C1. The predicted octanol–water partition coefficient (Wildman–Crippen LogP) is 3.03. The summed E-state index contributed by atoms with van der Waals surface area (Å²) in [4.78, 5) is 13.1. The van der Waals surface area contributed by atoms with Gasteiger partial charge in [0.1, 0.15) is 12.7 Å². The van der Waals surface area contributed by atoms with Crippen molar-refractivity contribution in [2.45, 2.75) is 38.6 Å². The Hall–Kier alpha value is -2.87. The molecule has 2 aliphatic rings. The number of benzene rings is 1. The number of para-hydroxylation sites is 1. The van der Waals surface area contributed by atoms with Crippen LogP contribution in [0.4, 0.5) is 0 Å². The molecule has 1 amide bonds. The van der Waals surface area contributed by atoms with E-state index in [1.165, 1.54) is 13.8 Å². The zero-order valence-corrected chi connectivity index (χ0v) is 17.6. The average molecular weight is 435 g/mol. The number of hydrogen-bond acceptors (Lipinski definition) is 8. The van der Waals surface area contributed by atoms with E-state index in [0.717, 1.165) is 0 Å². The van der Waals surface area contributed by atoms with Crippen molar-refractivity contribution in [1.29, 1.82) is 0 Å². The molecule has 30 heavy (non-hydrogen) atoms. The van der Waals surface area contributed by atoms with Crippen LogP contribution in [0, 0.1) is 0 Å². The summed E-state index contributed by atoms with van der Waals surface area (Å²) in [5.41, 5.74) is 5.77. The maximum atomic E-state index is 12.1. The van der Waals surface area contributed by atoms with Gasteiger partial charge in [-0.3, -0.25) is 9.69 Å². The maximum absolute atomic E-state index is 12.1. The number of rotatable bonds is 9. The summed E-state index contributed by atoms with van der Waals surface area (Å²) in [5.74, 6) is -0.903. The van der Waals surface area contributed by atoms with Crippen molar-refractivity contribution in [3.8, 4) is 5.75 Å². The first-order valence-electron chi connectivity index (χ1n) is 9.31. The minimum atomic E-state index is -2.40. The van der Waals surface area contributed by atoms with Gasteiger partial charge in [-0.15, -0.1) is 4.52 Å². The molecule has 1 aromatic rings. The van der Waals surface area contributed by atoms with E-state index in [2.05, 4.69) is 0 Å². The van der Waals surface area contributed by atoms with Gasteiger partial charge in [0, 0.05) is 36.4 Å². The smallest absolute Gasteiger partial charge is 0.470 e. The molecule has 0 saturated carbocycles. The maximum Gasteiger partial charge on any atom is 0.750 e. The second-order valence-electron chi connectivity index (χ2n) is 7.16. The van der Waals surface area contributed by atoms with Gasteiger partial charge in [0.2, 0.25) is 17.6 Å². The number of ether oxygens (including phenoxy) is 2. The highest BCUT2D eigenvalue weighted by molar-refractivity contribution is 7.33. The van der Waals surface area contributed by atoms with Gasteiger partial charge < -0.3 is 20.3 Å². The van der Waals surface area contributed by atoms with Crippen LogP contribution in [-0.2, 0) is 23.4 Å². The summed E-state index contributed by atoms with van der Waals surface area (Å²) in [6.07, 6.45) is 5.15. The van der Waals surface area contributed by atoms with E-state index in [-0.39, 0.29) is 13.0 Å². The molecule has 0 fully saturated rings. The molecule has 2 heterocycles. The van der Waals surface area contributed by atoms with Crippen LogP contribution in [0.15, 0.2) is 66.0 Å². The Morgan fingerprint density at radius 2 is 2.10 bits per heavy atom. The molecule has 2 unspecified atom stereocenters. The molecular weight excluding hydrogens is 411 g/mol. The number of carbonyl (C=O) groups is 1. The highest BCUT2D eigenvalue weighted by Gasteiger charge is 2.36. The number of amides is 1. The summed E-state index contributed by atoms with van der Waals surface area (Å²) in [6, 6.07) is 8.67. The van der Waals surface area contributed by atoms with Gasteiger partial charge in [-0.2, -0.15) is 0 Å². The minimum absolute atomic E-state index is 0.0335. The van der Waals surface area contributed by atoms with Crippen LogP contribution in [0.3, 0.4) is 0 Å². The summed E-state index contributed by atoms with van der Waals surface area (Å²) in [7, 11) is -2.40. The summed E-state index contributed by atoms with van der Waals surface area (Å²) >= 11 is 0. The zero-order valence-electron chi connectivity index (χ0n) is 16.7. The highest BCUT2D eigenvalue weighted by atomic mass is 31.1. The zero-order chi connectivity index (χ0) is 21.7. The normalized spacial score (nSPS) is 19.3. The topological polar surface area (TPSA) is 121 Å². The van der Waals surface area contributed by atoms with E-state index in [1.807, 2.05) is 6.07 Å². The number of nitrogens with zero attached hydrogens (tertiary/aromatic N) is 1. The molecule has 9 nitrogen and oxygen atoms in total. The highest BCUT2D eigenvalue weighted by Crippen LogP contribution is 2.35. The van der Waals surface area contributed by atoms with Crippen LogP contribution in [0.5, 0.6) is 5.75 Å². The molecule has 0 bridgehead atoms. The molecule has 3 N–H and O–H groups in total. The Morgan fingerprint density at radius 3 is 2.77 bits per heavy atom. The Balaban J connectivity index is 1.66. The van der Waals surface area contributed by atoms with E-state index in [4.69, 9.17) is 24.3 Å². The number of hydrogen-bond donors (Lipinski definition) is 2. The first-order valence-corrected chi connectivity index (χ1v) is 10.4. The fraction of sp³-hybridized carbons (Fsp3) is 0.350. The molecule has 0 aromatic heterocycles. The van der Waals surface area contributed by atoms with Gasteiger partial charge in [-0.1, -0.05) is 24.3 Å². The number of nitrogens with two attached hydrogens (primary N) is 1. The molecule has 0 aliphatic carbocycles. The molecule has 2 aliphatic heterocycles. The molecule has 0 radical (unpaired) electrons. The van der Waals surface area contributed by atoms with Crippen molar-refractivity contribution in [3.05, 3.63) is 66.0 Å². The van der Waals surface area contributed by atoms with Crippen LogP contribution in [-0.4, -0.2) is 34.4 Å². The van der Waals surface area contributed by atoms with Crippen molar-refractivity contribution in [2.75, 3.05) is 6.61 Å². The lowest BCUT2D eigenvalue weighted by Gasteiger charge is -2.25. The molecule has 2 atom stereocenters.